The van der Waals surface area contributed by atoms with E-state index >= 15 is 0 Å². The molecule has 8 nitrogen and oxygen atoms in total. The molecule has 2 unspecified atom stereocenters. The fourth-order valence-electron chi connectivity index (χ4n) is 3.20. The van der Waals surface area contributed by atoms with Crippen LogP contribution in [-0.4, -0.2) is 32.7 Å². The zero-order chi connectivity index (χ0) is 20.5. The van der Waals surface area contributed by atoms with Crippen molar-refractivity contribution in [1.29, 1.82) is 0 Å². The molecule has 1 saturated heterocycles. The quantitative estimate of drug-likeness (QED) is 0.455. The summed E-state index contributed by atoms with van der Waals surface area (Å²) in [6.07, 6.45) is 0. The number of primary sulfonamides is 1. The molecule has 2 atom stereocenters. The molecule has 2 N–H and O–H groups in total. The lowest BCUT2D eigenvalue weighted by Gasteiger charge is -2.27. The number of ether oxygens (including phenoxy) is 1. The Morgan fingerprint density at radius 2 is 1.68 bits per heavy atom. The highest BCUT2D eigenvalue weighted by atomic mass is 32.2. The van der Waals surface area contributed by atoms with Crippen LogP contribution in [0.3, 0.4) is 0 Å². The Morgan fingerprint density at radius 1 is 1.07 bits per heavy atom. The molecular formula is C19H18N2O6S. The average Bonchev–Trinajstić information content (AvgIpc) is 2.93. The maximum Gasteiger partial charge on any atom is 0.319 e. The standard InChI is InChI=1S/C19H18N2O6S/c1-2-27-19(24)15-16(12-6-4-3-5-7-12)21(18(23)17(15)22)13-8-10-14(11-9-13)28(20,25)26/h3-11,15-16H,2H2,1H3,(H2,20,25,26). The molecule has 3 rings (SSSR count). The van der Waals surface area contributed by atoms with E-state index in [4.69, 9.17) is 9.88 Å². The molecule has 0 spiro atoms. The Kier molecular flexibility index (Phi) is 5.30. The van der Waals surface area contributed by atoms with E-state index in [2.05, 4.69) is 0 Å². The number of Topliss-reactive ketones (excluding diaryl/α,β-unsaturated/α-hetero) is 1. The van der Waals surface area contributed by atoms with Crippen LogP contribution < -0.4 is 10.0 Å². The Labute approximate surface area is 161 Å². The summed E-state index contributed by atoms with van der Waals surface area (Å²) in [5, 5.41) is 5.10. The molecule has 0 bridgehead atoms. The number of esters is 1. The van der Waals surface area contributed by atoms with Gasteiger partial charge in [-0.15, -0.1) is 0 Å². The van der Waals surface area contributed by atoms with E-state index in [0.29, 0.717) is 5.56 Å². The Morgan fingerprint density at radius 3 is 2.21 bits per heavy atom. The molecule has 9 heteroatoms. The van der Waals surface area contributed by atoms with Gasteiger partial charge in [0.05, 0.1) is 17.5 Å². The number of rotatable bonds is 5. The summed E-state index contributed by atoms with van der Waals surface area (Å²) < 4.78 is 27.9. The molecule has 0 saturated carbocycles. The van der Waals surface area contributed by atoms with E-state index in [-0.39, 0.29) is 17.2 Å². The van der Waals surface area contributed by atoms with Crippen LogP contribution in [0.2, 0.25) is 0 Å². The number of nitrogens with zero attached hydrogens (tertiary/aromatic N) is 1. The van der Waals surface area contributed by atoms with Gasteiger partial charge < -0.3 is 4.74 Å². The molecule has 0 aliphatic carbocycles. The molecule has 1 amide bonds. The van der Waals surface area contributed by atoms with Gasteiger partial charge in [0, 0.05) is 5.69 Å². The van der Waals surface area contributed by atoms with Crippen LogP contribution in [0.15, 0.2) is 59.5 Å². The number of nitrogens with two attached hydrogens (primary N) is 1. The van der Waals surface area contributed by atoms with Crippen molar-refractivity contribution in [3.05, 3.63) is 60.2 Å². The lowest BCUT2D eigenvalue weighted by Crippen LogP contribution is -2.31. The Hall–Kier alpha value is -3.04. The van der Waals surface area contributed by atoms with E-state index in [1.807, 2.05) is 0 Å². The topological polar surface area (TPSA) is 124 Å². The number of benzene rings is 2. The van der Waals surface area contributed by atoms with Crippen molar-refractivity contribution in [1.82, 2.24) is 0 Å². The van der Waals surface area contributed by atoms with E-state index in [1.54, 1.807) is 37.3 Å². The normalized spacial score (nSPS) is 19.7. The van der Waals surface area contributed by atoms with Crippen LogP contribution in [0.1, 0.15) is 18.5 Å². The van der Waals surface area contributed by atoms with Gasteiger partial charge in [-0.1, -0.05) is 30.3 Å². The first kappa shape index (κ1) is 19.7. The first-order valence-electron chi connectivity index (χ1n) is 8.47. The monoisotopic (exact) mass is 402 g/mol. The number of amides is 1. The third-order valence-electron chi connectivity index (χ3n) is 4.43. The van der Waals surface area contributed by atoms with Crippen LogP contribution in [0.25, 0.3) is 0 Å². The van der Waals surface area contributed by atoms with Crippen LogP contribution in [0, 0.1) is 5.92 Å². The van der Waals surface area contributed by atoms with Crippen molar-refractivity contribution < 1.29 is 27.5 Å². The molecule has 0 aromatic heterocycles. The second-order valence-electron chi connectivity index (χ2n) is 6.16. The number of anilines is 1. The predicted octanol–water partition coefficient (Wildman–Crippen LogP) is 1.17. The first-order chi connectivity index (χ1) is 13.3. The highest BCUT2D eigenvalue weighted by Crippen LogP contribution is 2.40. The van der Waals surface area contributed by atoms with Crippen LogP contribution in [0.5, 0.6) is 0 Å². The van der Waals surface area contributed by atoms with Gasteiger partial charge in [0.2, 0.25) is 15.8 Å². The minimum atomic E-state index is -3.91. The summed E-state index contributed by atoms with van der Waals surface area (Å²) in [6, 6.07) is 12.9. The van der Waals surface area contributed by atoms with E-state index < -0.39 is 39.6 Å². The second kappa shape index (κ2) is 7.53. The molecule has 28 heavy (non-hydrogen) atoms. The zero-order valence-electron chi connectivity index (χ0n) is 14.9. The van der Waals surface area contributed by atoms with Crippen molar-refractivity contribution in [3.63, 3.8) is 0 Å². The van der Waals surface area contributed by atoms with E-state index in [9.17, 15) is 22.8 Å². The molecular weight excluding hydrogens is 384 g/mol. The molecule has 1 fully saturated rings. The van der Waals surface area contributed by atoms with Crippen LogP contribution >= 0.6 is 0 Å². The average molecular weight is 402 g/mol. The predicted molar refractivity (Wildman–Crippen MR) is 99.6 cm³/mol. The van der Waals surface area contributed by atoms with E-state index in [1.165, 1.54) is 29.2 Å². The van der Waals surface area contributed by atoms with Gasteiger partial charge in [0.15, 0.2) is 0 Å². The minimum Gasteiger partial charge on any atom is -0.465 e. The molecule has 1 aliphatic rings. The van der Waals surface area contributed by atoms with Gasteiger partial charge in [0.1, 0.15) is 5.92 Å². The van der Waals surface area contributed by atoms with Gasteiger partial charge in [-0.3, -0.25) is 19.3 Å². The summed E-state index contributed by atoms with van der Waals surface area (Å²) in [4.78, 5) is 38.8. The molecule has 146 valence electrons. The smallest absolute Gasteiger partial charge is 0.319 e. The molecule has 0 radical (unpaired) electrons. The van der Waals surface area contributed by atoms with Crippen molar-refractivity contribution in [2.45, 2.75) is 17.9 Å². The summed E-state index contributed by atoms with van der Waals surface area (Å²) in [7, 11) is -3.91. The molecule has 1 aliphatic heterocycles. The van der Waals surface area contributed by atoms with Gasteiger partial charge in [-0.2, -0.15) is 0 Å². The summed E-state index contributed by atoms with van der Waals surface area (Å²) >= 11 is 0. The summed E-state index contributed by atoms with van der Waals surface area (Å²) in [5.41, 5.74) is 0.849. The second-order valence-corrected chi connectivity index (χ2v) is 7.72. The van der Waals surface area contributed by atoms with E-state index in [0.717, 1.165) is 0 Å². The largest absolute Gasteiger partial charge is 0.465 e. The maximum absolute atomic E-state index is 12.7. The van der Waals surface area contributed by atoms with Gasteiger partial charge >= 0.3 is 5.97 Å². The highest BCUT2D eigenvalue weighted by molar-refractivity contribution is 7.89. The van der Waals surface area contributed by atoms with Crippen LogP contribution in [0.4, 0.5) is 5.69 Å². The van der Waals surface area contributed by atoms with Crippen molar-refractivity contribution in [3.8, 4) is 0 Å². The van der Waals surface area contributed by atoms with Crippen molar-refractivity contribution in [2.24, 2.45) is 11.1 Å². The molecule has 2 aromatic carbocycles. The number of carbonyl (C=O) groups is 3. The summed E-state index contributed by atoms with van der Waals surface area (Å²) in [5.74, 6) is -3.83. The summed E-state index contributed by atoms with van der Waals surface area (Å²) in [6.45, 7) is 1.68. The first-order valence-corrected chi connectivity index (χ1v) is 10.0. The fraction of sp³-hybridized carbons (Fsp3) is 0.211. The van der Waals surface area contributed by atoms with Gasteiger partial charge in [0.25, 0.3) is 5.91 Å². The van der Waals surface area contributed by atoms with Crippen molar-refractivity contribution >= 4 is 33.4 Å². The van der Waals surface area contributed by atoms with Crippen LogP contribution in [-0.2, 0) is 29.1 Å². The fourth-order valence-corrected chi connectivity index (χ4v) is 3.72. The number of carbonyl (C=O) groups excluding carboxylic acids is 3. The maximum atomic E-state index is 12.7. The third kappa shape index (κ3) is 3.54. The number of sulfonamides is 1. The van der Waals surface area contributed by atoms with Gasteiger partial charge in [-0.05, 0) is 36.8 Å². The number of hydrogen-bond donors (Lipinski definition) is 1. The number of hydrogen-bond acceptors (Lipinski definition) is 6. The lowest BCUT2D eigenvalue weighted by molar-refractivity contribution is -0.152. The SMILES string of the molecule is CCOC(=O)C1C(=O)C(=O)N(c2ccc(S(N)(=O)=O)cc2)C1c1ccccc1. The third-order valence-corrected chi connectivity index (χ3v) is 5.36. The Balaban J connectivity index is 2.11. The lowest BCUT2D eigenvalue weighted by atomic mass is 9.93. The highest BCUT2D eigenvalue weighted by Gasteiger charge is 2.53. The number of ketones is 1. The van der Waals surface area contributed by atoms with Gasteiger partial charge in [-0.25, -0.2) is 13.6 Å². The molecule has 1 heterocycles. The van der Waals surface area contributed by atoms with Crippen molar-refractivity contribution in [2.75, 3.05) is 11.5 Å². The minimum absolute atomic E-state index is 0.0708. The zero-order valence-corrected chi connectivity index (χ0v) is 15.8. The molecule has 2 aromatic rings. The Bertz CT molecular complexity index is 1020.